The lowest BCUT2D eigenvalue weighted by molar-refractivity contribution is -0.136. The third-order valence-corrected chi connectivity index (χ3v) is 4.28. The van der Waals surface area contributed by atoms with Crippen molar-refractivity contribution in [2.45, 2.75) is 30.2 Å². The molecule has 1 aliphatic rings. The zero-order chi connectivity index (χ0) is 17.2. The van der Waals surface area contributed by atoms with E-state index in [0.29, 0.717) is 11.0 Å². The van der Waals surface area contributed by atoms with E-state index in [1.807, 2.05) is 22.0 Å². The highest BCUT2D eigenvalue weighted by atomic mass is 32.2. The number of amides is 1. The summed E-state index contributed by atoms with van der Waals surface area (Å²) >= 11 is 1.08. The van der Waals surface area contributed by atoms with Crippen LogP contribution in [0.5, 0.6) is 0 Å². The molecule has 1 saturated carbocycles. The number of pyridine rings is 1. The van der Waals surface area contributed by atoms with Gasteiger partial charge in [0.1, 0.15) is 6.54 Å². The first-order chi connectivity index (χ1) is 11.4. The first kappa shape index (κ1) is 16.7. The fourth-order valence-electron chi connectivity index (χ4n) is 2.12. The van der Waals surface area contributed by atoms with Crippen LogP contribution in [0.15, 0.2) is 29.7 Å². The largest absolute Gasteiger partial charge is 0.405 e. The molecule has 6 nitrogen and oxygen atoms in total. The van der Waals surface area contributed by atoms with Crippen molar-refractivity contribution in [2.24, 2.45) is 0 Å². The minimum atomic E-state index is -4.41. The van der Waals surface area contributed by atoms with Crippen LogP contribution in [-0.4, -0.2) is 44.1 Å². The lowest BCUT2D eigenvalue weighted by Crippen LogP contribution is -2.34. The predicted molar refractivity (Wildman–Crippen MR) is 81.3 cm³/mol. The summed E-state index contributed by atoms with van der Waals surface area (Å²) in [6.45, 7) is -1.33. The number of aromatic nitrogens is 4. The standard InChI is InChI=1S/C14H14F3N5OS/c15-14(16,17)8-19-11(23)7-24-13-21-20-12(22(13)10-1-2-10)9-3-5-18-6-4-9/h3-6,10H,1-2,7-8H2,(H,19,23). The molecule has 2 aromatic heterocycles. The molecule has 1 amide bonds. The molecule has 10 heteroatoms. The first-order valence-electron chi connectivity index (χ1n) is 7.25. The van der Waals surface area contributed by atoms with Crippen molar-refractivity contribution in [3.05, 3.63) is 24.5 Å². The Bertz CT molecular complexity index is 715. The average Bonchev–Trinajstić information content (AvgIpc) is 3.30. The smallest absolute Gasteiger partial charge is 0.346 e. The molecule has 24 heavy (non-hydrogen) atoms. The Morgan fingerprint density at radius 3 is 2.62 bits per heavy atom. The van der Waals surface area contributed by atoms with Gasteiger partial charge in [-0.15, -0.1) is 10.2 Å². The van der Waals surface area contributed by atoms with Crippen molar-refractivity contribution in [2.75, 3.05) is 12.3 Å². The summed E-state index contributed by atoms with van der Waals surface area (Å²) < 4.78 is 38.2. The van der Waals surface area contributed by atoms with E-state index in [9.17, 15) is 18.0 Å². The second-order valence-electron chi connectivity index (χ2n) is 5.32. The third-order valence-electron chi connectivity index (χ3n) is 3.33. The van der Waals surface area contributed by atoms with E-state index in [1.54, 1.807) is 12.4 Å². The van der Waals surface area contributed by atoms with E-state index >= 15 is 0 Å². The van der Waals surface area contributed by atoms with Gasteiger partial charge in [-0.25, -0.2) is 0 Å². The molecule has 2 aromatic rings. The van der Waals surface area contributed by atoms with Gasteiger partial charge < -0.3 is 5.32 Å². The highest BCUT2D eigenvalue weighted by Gasteiger charge is 2.31. The van der Waals surface area contributed by atoms with E-state index in [1.165, 1.54) is 0 Å². The summed E-state index contributed by atoms with van der Waals surface area (Å²) in [5.74, 6) is -0.150. The van der Waals surface area contributed by atoms with Crippen LogP contribution in [0.25, 0.3) is 11.4 Å². The maximum atomic E-state index is 12.1. The zero-order valence-electron chi connectivity index (χ0n) is 12.5. The summed E-state index contributed by atoms with van der Waals surface area (Å²) in [7, 11) is 0. The van der Waals surface area contributed by atoms with Gasteiger partial charge in [-0.1, -0.05) is 11.8 Å². The first-order valence-corrected chi connectivity index (χ1v) is 8.24. The molecule has 0 bridgehead atoms. The Labute approximate surface area is 139 Å². The average molecular weight is 357 g/mol. The number of hydrogen-bond acceptors (Lipinski definition) is 5. The minimum Gasteiger partial charge on any atom is -0.346 e. The Kier molecular flexibility index (Phi) is 4.74. The number of rotatable bonds is 6. The van der Waals surface area contributed by atoms with Gasteiger partial charge >= 0.3 is 6.18 Å². The lowest BCUT2D eigenvalue weighted by Gasteiger charge is -2.10. The molecule has 128 valence electrons. The fourth-order valence-corrected chi connectivity index (χ4v) is 2.95. The number of carbonyl (C=O) groups is 1. The number of halogens is 3. The Morgan fingerprint density at radius 2 is 2.00 bits per heavy atom. The van der Waals surface area contributed by atoms with Crippen LogP contribution in [0.3, 0.4) is 0 Å². The second-order valence-corrected chi connectivity index (χ2v) is 6.27. The maximum absolute atomic E-state index is 12.1. The molecule has 0 spiro atoms. The number of nitrogens with one attached hydrogen (secondary N) is 1. The molecular formula is C14H14F3N5OS. The maximum Gasteiger partial charge on any atom is 0.405 e. The topological polar surface area (TPSA) is 72.7 Å². The van der Waals surface area contributed by atoms with Gasteiger partial charge in [0.15, 0.2) is 11.0 Å². The van der Waals surface area contributed by atoms with E-state index < -0.39 is 18.6 Å². The molecule has 1 aliphatic carbocycles. The number of nitrogens with zero attached hydrogens (tertiary/aromatic N) is 4. The van der Waals surface area contributed by atoms with E-state index in [4.69, 9.17) is 0 Å². The molecule has 0 saturated heterocycles. The minimum absolute atomic E-state index is 0.142. The monoisotopic (exact) mass is 357 g/mol. The zero-order valence-corrected chi connectivity index (χ0v) is 13.3. The van der Waals surface area contributed by atoms with Crippen LogP contribution in [0, 0.1) is 0 Å². The van der Waals surface area contributed by atoms with Gasteiger partial charge in [0, 0.05) is 24.0 Å². The Morgan fingerprint density at radius 1 is 1.29 bits per heavy atom. The SMILES string of the molecule is O=C(CSc1nnc(-c2ccncc2)n1C1CC1)NCC(F)(F)F. The second kappa shape index (κ2) is 6.80. The predicted octanol–water partition coefficient (Wildman–Crippen LogP) is 2.45. The molecule has 3 rings (SSSR count). The van der Waals surface area contributed by atoms with Crippen molar-refractivity contribution in [3.8, 4) is 11.4 Å². The molecule has 0 aromatic carbocycles. The van der Waals surface area contributed by atoms with Crippen molar-refractivity contribution < 1.29 is 18.0 Å². The summed E-state index contributed by atoms with van der Waals surface area (Å²) in [5.41, 5.74) is 0.859. The lowest BCUT2D eigenvalue weighted by atomic mass is 10.2. The fraction of sp³-hybridized carbons (Fsp3) is 0.429. The van der Waals surface area contributed by atoms with Gasteiger partial charge in [-0.3, -0.25) is 14.3 Å². The quantitative estimate of drug-likeness (QED) is 0.804. The van der Waals surface area contributed by atoms with Gasteiger partial charge in [0.05, 0.1) is 5.75 Å². The number of carbonyl (C=O) groups excluding carboxylic acids is 1. The summed E-state index contributed by atoms with van der Waals surface area (Å²) in [5, 5.41) is 10.6. The van der Waals surface area contributed by atoms with Gasteiger partial charge in [-0.2, -0.15) is 13.2 Å². The highest BCUT2D eigenvalue weighted by molar-refractivity contribution is 7.99. The normalized spacial score (nSPS) is 14.6. The van der Waals surface area contributed by atoms with Crippen molar-refractivity contribution in [1.82, 2.24) is 25.1 Å². The van der Waals surface area contributed by atoms with Gasteiger partial charge in [0.25, 0.3) is 0 Å². The van der Waals surface area contributed by atoms with Crippen LogP contribution in [-0.2, 0) is 4.79 Å². The Balaban J connectivity index is 1.68. The summed E-state index contributed by atoms with van der Waals surface area (Å²) in [6.07, 6.45) is 0.869. The number of alkyl halides is 3. The van der Waals surface area contributed by atoms with E-state index in [-0.39, 0.29) is 11.8 Å². The molecular weight excluding hydrogens is 343 g/mol. The summed E-state index contributed by atoms with van der Waals surface area (Å²) in [6, 6.07) is 3.89. The van der Waals surface area contributed by atoms with E-state index in [0.717, 1.165) is 30.2 Å². The molecule has 0 aliphatic heterocycles. The van der Waals surface area contributed by atoms with Crippen LogP contribution in [0.1, 0.15) is 18.9 Å². The van der Waals surface area contributed by atoms with Crippen LogP contribution in [0.2, 0.25) is 0 Å². The van der Waals surface area contributed by atoms with Crippen molar-refractivity contribution in [1.29, 1.82) is 0 Å². The molecule has 0 radical (unpaired) electrons. The van der Waals surface area contributed by atoms with Crippen molar-refractivity contribution in [3.63, 3.8) is 0 Å². The third kappa shape index (κ3) is 4.25. The summed E-state index contributed by atoms with van der Waals surface area (Å²) in [4.78, 5) is 15.5. The number of hydrogen-bond donors (Lipinski definition) is 1. The molecule has 0 unspecified atom stereocenters. The molecule has 2 heterocycles. The van der Waals surface area contributed by atoms with Gasteiger partial charge in [-0.05, 0) is 25.0 Å². The van der Waals surface area contributed by atoms with Crippen LogP contribution >= 0.6 is 11.8 Å². The molecule has 1 N–H and O–H groups in total. The van der Waals surface area contributed by atoms with Gasteiger partial charge in [0.2, 0.25) is 5.91 Å². The van der Waals surface area contributed by atoms with Crippen LogP contribution < -0.4 is 5.32 Å². The molecule has 0 atom stereocenters. The Hall–Kier alpha value is -2.10. The molecule has 1 fully saturated rings. The van der Waals surface area contributed by atoms with E-state index in [2.05, 4.69) is 15.2 Å². The van der Waals surface area contributed by atoms with Crippen molar-refractivity contribution >= 4 is 17.7 Å². The number of thioether (sulfide) groups is 1. The highest BCUT2D eigenvalue weighted by Crippen LogP contribution is 2.40. The van der Waals surface area contributed by atoms with Crippen LogP contribution in [0.4, 0.5) is 13.2 Å².